The van der Waals surface area contributed by atoms with E-state index in [2.05, 4.69) is 0 Å². The van der Waals surface area contributed by atoms with Gasteiger partial charge in [0.25, 0.3) is 5.69 Å². The number of rotatable bonds is 3. The number of carbonyl (C=O) groups excluding carboxylic acids is 1. The molecule has 106 valence electrons. The molecule has 0 bridgehead atoms. The molecular weight excluding hydrogens is 261 g/mol. The highest BCUT2D eigenvalue weighted by Gasteiger charge is 2.52. The maximum absolute atomic E-state index is 11.1. The van der Waals surface area contributed by atoms with Crippen molar-refractivity contribution in [3.63, 3.8) is 0 Å². The Morgan fingerprint density at radius 3 is 2.20 bits per heavy atom. The summed E-state index contributed by atoms with van der Waals surface area (Å²) in [4.78, 5) is 21.3. The van der Waals surface area contributed by atoms with E-state index < -0.39 is 23.2 Å². The van der Waals surface area contributed by atoms with E-state index in [1.165, 1.54) is 18.2 Å². The summed E-state index contributed by atoms with van der Waals surface area (Å²) < 4.78 is 11.7. The van der Waals surface area contributed by atoms with Gasteiger partial charge in [0.2, 0.25) is 0 Å². The first kappa shape index (κ1) is 14.7. The van der Waals surface area contributed by atoms with E-state index >= 15 is 0 Å². The molecule has 0 unspecified atom stereocenters. The lowest BCUT2D eigenvalue weighted by Crippen LogP contribution is -2.41. The summed E-state index contributed by atoms with van der Waals surface area (Å²) in [6, 6.07) is 4.07. The van der Waals surface area contributed by atoms with Crippen molar-refractivity contribution < 1.29 is 19.0 Å². The lowest BCUT2D eigenvalue weighted by molar-refractivity contribution is -0.384. The average molecular weight is 277 g/mol. The molecule has 0 amide bonds. The Labute approximate surface area is 117 Å². The van der Waals surface area contributed by atoms with Crippen LogP contribution >= 0.6 is 0 Å². The molecule has 1 aliphatic rings. The van der Waals surface area contributed by atoms with Gasteiger partial charge in [-0.3, -0.25) is 14.9 Å². The van der Waals surface area contributed by atoms with Crippen molar-refractivity contribution in [1.82, 2.24) is 0 Å². The summed E-state index contributed by atoms with van der Waals surface area (Å²) >= 11 is 0. The smallest absolute Gasteiger partial charge is 0.399 e. The molecular formula is C13H16BNO5. The molecule has 0 saturated carbocycles. The lowest BCUT2D eigenvalue weighted by Gasteiger charge is -2.32. The van der Waals surface area contributed by atoms with Crippen LogP contribution in [-0.4, -0.2) is 29.5 Å². The van der Waals surface area contributed by atoms with Crippen LogP contribution in [0.3, 0.4) is 0 Å². The van der Waals surface area contributed by atoms with Crippen LogP contribution in [0.1, 0.15) is 38.1 Å². The molecule has 20 heavy (non-hydrogen) atoms. The second-order valence-electron chi connectivity index (χ2n) is 5.78. The van der Waals surface area contributed by atoms with E-state index in [9.17, 15) is 14.9 Å². The van der Waals surface area contributed by atoms with Gasteiger partial charge < -0.3 is 9.31 Å². The molecule has 0 aromatic heterocycles. The van der Waals surface area contributed by atoms with Gasteiger partial charge in [-0.15, -0.1) is 0 Å². The van der Waals surface area contributed by atoms with Crippen molar-refractivity contribution in [2.45, 2.75) is 38.9 Å². The van der Waals surface area contributed by atoms with E-state index in [4.69, 9.17) is 9.31 Å². The summed E-state index contributed by atoms with van der Waals surface area (Å²) in [6.07, 6.45) is 0.577. The van der Waals surface area contributed by atoms with E-state index in [0.29, 0.717) is 11.7 Å². The Bertz CT molecular complexity index is 554. The minimum Gasteiger partial charge on any atom is -0.399 e. The lowest BCUT2D eigenvalue weighted by atomic mass is 9.76. The molecule has 1 aromatic carbocycles. The molecule has 0 N–H and O–H groups in total. The van der Waals surface area contributed by atoms with Gasteiger partial charge in [-0.1, -0.05) is 6.07 Å². The quantitative estimate of drug-likeness (QED) is 0.363. The normalized spacial score (nSPS) is 19.9. The maximum Gasteiger partial charge on any atom is 0.495 e. The third-order valence-electron chi connectivity index (χ3n) is 3.92. The number of benzene rings is 1. The number of non-ortho nitro benzene ring substituents is 1. The van der Waals surface area contributed by atoms with E-state index in [-0.39, 0.29) is 11.3 Å². The van der Waals surface area contributed by atoms with Crippen LogP contribution in [0.15, 0.2) is 18.2 Å². The summed E-state index contributed by atoms with van der Waals surface area (Å²) in [6.45, 7) is 7.61. The first-order valence-electron chi connectivity index (χ1n) is 6.27. The van der Waals surface area contributed by atoms with Crippen LogP contribution in [0.5, 0.6) is 0 Å². The summed E-state index contributed by atoms with van der Waals surface area (Å²) in [7, 11) is -0.707. The largest absolute Gasteiger partial charge is 0.495 e. The van der Waals surface area contributed by atoms with Crippen molar-refractivity contribution in [2.75, 3.05) is 0 Å². The molecule has 2 rings (SSSR count). The Balaban J connectivity index is 2.40. The van der Waals surface area contributed by atoms with Gasteiger partial charge >= 0.3 is 7.12 Å². The third-order valence-corrected chi connectivity index (χ3v) is 3.92. The molecule has 1 heterocycles. The second kappa shape index (κ2) is 4.68. The first-order valence-corrected chi connectivity index (χ1v) is 6.27. The zero-order valence-corrected chi connectivity index (χ0v) is 11.9. The summed E-state index contributed by atoms with van der Waals surface area (Å²) in [5, 5.41) is 10.7. The highest BCUT2D eigenvalue weighted by atomic mass is 16.7. The van der Waals surface area contributed by atoms with Gasteiger partial charge in [0.05, 0.1) is 16.1 Å². The van der Waals surface area contributed by atoms with Crippen LogP contribution < -0.4 is 5.46 Å². The number of hydrogen-bond donors (Lipinski definition) is 0. The fourth-order valence-electron chi connectivity index (χ4n) is 1.96. The minimum atomic E-state index is -0.707. The molecule has 1 saturated heterocycles. The number of aldehydes is 1. The van der Waals surface area contributed by atoms with E-state index in [1.807, 2.05) is 27.7 Å². The zero-order chi connectivity index (χ0) is 15.1. The molecule has 6 nitrogen and oxygen atoms in total. The second-order valence-corrected chi connectivity index (χ2v) is 5.78. The van der Waals surface area contributed by atoms with Gasteiger partial charge in [-0.2, -0.15) is 0 Å². The van der Waals surface area contributed by atoms with E-state index in [0.717, 1.165) is 0 Å². The van der Waals surface area contributed by atoms with Crippen molar-refractivity contribution in [3.8, 4) is 0 Å². The molecule has 0 spiro atoms. The summed E-state index contributed by atoms with van der Waals surface area (Å²) in [5.74, 6) is 0. The molecule has 1 aromatic rings. The standard InChI is InChI=1S/C13H16BNO5/c1-12(2)13(3,4)20-14(19-12)11-6-5-10(15(17)18)7-9(11)8-16/h5-8H,1-4H3. The maximum atomic E-state index is 11.1. The number of hydrogen-bond acceptors (Lipinski definition) is 5. The van der Waals surface area contributed by atoms with Crippen molar-refractivity contribution in [1.29, 1.82) is 0 Å². The SMILES string of the molecule is CC1(C)OB(c2ccc([N+](=O)[O-])cc2C=O)OC1(C)C. The summed E-state index contributed by atoms with van der Waals surface area (Å²) in [5.41, 5.74) is -0.478. The van der Waals surface area contributed by atoms with Crippen LogP contribution in [0.2, 0.25) is 0 Å². The van der Waals surface area contributed by atoms with Gasteiger partial charge in [0, 0.05) is 17.7 Å². The van der Waals surface area contributed by atoms with Crippen molar-refractivity contribution in [2.24, 2.45) is 0 Å². The molecule has 0 aliphatic carbocycles. The van der Waals surface area contributed by atoms with E-state index in [1.54, 1.807) is 0 Å². The Hall–Kier alpha value is -1.73. The number of nitrogens with zero attached hydrogens (tertiary/aromatic N) is 1. The Morgan fingerprint density at radius 2 is 1.75 bits per heavy atom. The molecule has 7 heteroatoms. The predicted molar refractivity (Wildman–Crippen MR) is 74.2 cm³/mol. The van der Waals surface area contributed by atoms with Crippen LogP contribution in [0.25, 0.3) is 0 Å². The van der Waals surface area contributed by atoms with Gasteiger partial charge in [0.1, 0.15) is 6.29 Å². The van der Waals surface area contributed by atoms with Gasteiger partial charge in [-0.05, 0) is 33.2 Å². The molecule has 1 aliphatic heterocycles. The molecule has 0 radical (unpaired) electrons. The fraction of sp³-hybridized carbons (Fsp3) is 0.462. The van der Waals surface area contributed by atoms with Crippen LogP contribution in [0, 0.1) is 10.1 Å². The molecule has 1 fully saturated rings. The third kappa shape index (κ3) is 2.34. The predicted octanol–water partition coefficient (Wildman–Crippen LogP) is 1.71. The number of nitro benzene ring substituents is 1. The van der Waals surface area contributed by atoms with Crippen molar-refractivity contribution >= 4 is 24.6 Å². The first-order chi connectivity index (χ1) is 9.18. The van der Waals surface area contributed by atoms with Gasteiger partial charge in [-0.25, -0.2) is 0 Å². The van der Waals surface area contributed by atoms with Crippen molar-refractivity contribution in [3.05, 3.63) is 33.9 Å². The minimum absolute atomic E-state index is 0.132. The highest BCUT2D eigenvalue weighted by Crippen LogP contribution is 2.36. The van der Waals surface area contributed by atoms with Crippen LogP contribution in [-0.2, 0) is 9.31 Å². The topological polar surface area (TPSA) is 78.7 Å². The van der Waals surface area contributed by atoms with Crippen LogP contribution in [0.4, 0.5) is 5.69 Å². The number of carbonyl (C=O) groups is 1. The molecule has 0 atom stereocenters. The zero-order valence-electron chi connectivity index (χ0n) is 11.9. The highest BCUT2D eigenvalue weighted by molar-refractivity contribution is 6.63. The number of nitro groups is 1. The fourth-order valence-corrected chi connectivity index (χ4v) is 1.96. The average Bonchev–Trinajstić information content (AvgIpc) is 2.57. The Kier molecular flexibility index (Phi) is 3.43. The monoisotopic (exact) mass is 277 g/mol. The Morgan fingerprint density at radius 1 is 1.20 bits per heavy atom. The van der Waals surface area contributed by atoms with Gasteiger partial charge in [0.15, 0.2) is 0 Å².